The fourth-order valence-corrected chi connectivity index (χ4v) is 2.95. The second-order valence-electron chi connectivity index (χ2n) is 5.86. The largest absolute Gasteiger partial charge is 0.390 e. The lowest BCUT2D eigenvalue weighted by molar-refractivity contribution is -0.341. The summed E-state index contributed by atoms with van der Waals surface area (Å²) in [5.74, 6) is 0. The van der Waals surface area contributed by atoms with Crippen LogP contribution in [-0.4, -0.2) is 49.0 Å². The fraction of sp³-hybridized carbons (Fsp3) is 0.625. The van der Waals surface area contributed by atoms with Crippen molar-refractivity contribution in [3.63, 3.8) is 0 Å². The van der Waals surface area contributed by atoms with E-state index in [0.29, 0.717) is 6.61 Å². The first-order valence-corrected chi connectivity index (χ1v) is 7.97. The highest BCUT2D eigenvalue weighted by molar-refractivity contribution is 5.22. The number of benzene rings is 1. The van der Waals surface area contributed by atoms with Gasteiger partial charge in [-0.2, -0.15) is 0 Å². The molecule has 2 saturated heterocycles. The maximum atomic E-state index is 10.6. The number of aryl methyl sites for hydroxylation is 1. The van der Waals surface area contributed by atoms with Gasteiger partial charge in [0.1, 0.15) is 18.2 Å². The highest BCUT2D eigenvalue weighted by Crippen LogP contribution is 2.35. The summed E-state index contributed by atoms with van der Waals surface area (Å²) in [6, 6.07) is 6.91. The minimum Gasteiger partial charge on any atom is -0.390 e. The molecule has 1 N–H and O–H groups in total. The van der Waals surface area contributed by atoms with E-state index in [0.717, 1.165) is 11.1 Å². The van der Waals surface area contributed by atoms with Crippen molar-refractivity contribution < 1.29 is 24.1 Å². The summed E-state index contributed by atoms with van der Waals surface area (Å²) >= 11 is 0. The summed E-state index contributed by atoms with van der Waals surface area (Å²) in [6.07, 6.45) is -3.58. The van der Waals surface area contributed by atoms with E-state index in [4.69, 9.17) is 24.5 Å². The summed E-state index contributed by atoms with van der Waals surface area (Å²) in [5.41, 5.74) is 10.7. The number of aliphatic hydroxyl groups excluding tert-OH is 1. The van der Waals surface area contributed by atoms with E-state index in [1.807, 2.05) is 31.2 Å². The second kappa shape index (κ2) is 7.48. The number of nitrogens with zero attached hydrogens (tertiary/aromatic N) is 3. The van der Waals surface area contributed by atoms with Crippen LogP contribution in [0.2, 0.25) is 0 Å². The Labute approximate surface area is 139 Å². The van der Waals surface area contributed by atoms with Crippen LogP contribution >= 0.6 is 0 Å². The molecule has 0 spiro atoms. The van der Waals surface area contributed by atoms with Crippen LogP contribution in [0.4, 0.5) is 0 Å². The van der Waals surface area contributed by atoms with E-state index >= 15 is 0 Å². The molecule has 3 unspecified atom stereocenters. The molecule has 1 aromatic carbocycles. The summed E-state index contributed by atoms with van der Waals surface area (Å²) in [6.45, 7) is 4.43. The first kappa shape index (κ1) is 17.2. The van der Waals surface area contributed by atoms with E-state index in [2.05, 4.69) is 10.0 Å². The molecule has 3 rings (SSSR count). The summed E-state index contributed by atoms with van der Waals surface area (Å²) in [4.78, 5) is 2.78. The van der Waals surface area contributed by atoms with E-state index < -0.39 is 36.9 Å². The van der Waals surface area contributed by atoms with Crippen LogP contribution in [-0.2, 0) is 18.9 Å². The molecular formula is C16H21N3O5. The lowest BCUT2D eigenvalue weighted by Gasteiger charge is -2.46. The van der Waals surface area contributed by atoms with Gasteiger partial charge in [-0.15, -0.1) is 0 Å². The summed E-state index contributed by atoms with van der Waals surface area (Å²) in [7, 11) is 0. The SMILES string of the molecule is CCO[C@@H]1OC2COC(c3ccc(C)cc3)O[C@@H]2[C@H](O)C1N=[N+]=[N-]. The third-order valence-corrected chi connectivity index (χ3v) is 4.20. The number of azide groups is 1. The molecule has 2 fully saturated rings. The van der Waals surface area contributed by atoms with Crippen molar-refractivity contribution in [1.29, 1.82) is 0 Å². The zero-order valence-electron chi connectivity index (χ0n) is 13.6. The number of fused-ring (bicyclic) bond motifs is 1. The molecule has 2 heterocycles. The molecule has 8 heteroatoms. The fourth-order valence-electron chi connectivity index (χ4n) is 2.95. The van der Waals surface area contributed by atoms with Crippen LogP contribution in [0.5, 0.6) is 0 Å². The van der Waals surface area contributed by atoms with Crippen LogP contribution in [0.25, 0.3) is 10.4 Å². The van der Waals surface area contributed by atoms with Gasteiger partial charge in [0.15, 0.2) is 12.6 Å². The highest BCUT2D eigenvalue weighted by Gasteiger charge is 2.49. The standard InChI is InChI=1S/C16H21N3O5/c1-3-21-16-12(18-19-17)13(20)14-11(23-16)8-22-15(24-14)10-6-4-9(2)5-7-10/h4-7,11-16,20H,3,8H2,1-2H3/t11?,12?,13-,14+,15?,16-/m1/s1. The van der Waals surface area contributed by atoms with E-state index in [1.165, 1.54) is 0 Å². The smallest absolute Gasteiger partial charge is 0.184 e. The molecule has 0 bridgehead atoms. The molecule has 1 aromatic rings. The summed E-state index contributed by atoms with van der Waals surface area (Å²) < 4.78 is 22.8. The molecule has 0 saturated carbocycles. The van der Waals surface area contributed by atoms with E-state index in [-0.39, 0.29) is 6.61 Å². The van der Waals surface area contributed by atoms with Gasteiger partial charge < -0.3 is 24.1 Å². The van der Waals surface area contributed by atoms with Gasteiger partial charge in [-0.05, 0) is 19.4 Å². The Morgan fingerprint density at radius 1 is 1.33 bits per heavy atom. The molecule has 2 aliphatic rings. The van der Waals surface area contributed by atoms with Gasteiger partial charge in [-0.3, -0.25) is 0 Å². The number of hydrogen-bond donors (Lipinski definition) is 1. The topological polar surface area (TPSA) is 106 Å². The molecule has 2 aliphatic heterocycles. The Balaban J connectivity index is 1.77. The van der Waals surface area contributed by atoms with Gasteiger partial charge in [0, 0.05) is 17.1 Å². The molecule has 24 heavy (non-hydrogen) atoms. The second-order valence-corrected chi connectivity index (χ2v) is 5.86. The van der Waals surface area contributed by atoms with Crippen LogP contribution in [0.1, 0.15) is 24.3 Å². The Morgan fingerprint density at radius 3 is 2.75 bits per heavy atom. The normalized spacial score (nSPS) is 35.8. The predicted molar refractivity (Wildman–Crippen MR) is 84.0 cm³/mol. The van der Waals surface area contributed by atoms with Crippen molar-refractivity contribution in [1.82, 2.24) is 0 Å². The number of hydrogen-bond acceptors (Lipinski definition) is 6. The maximum Gasteiger partial charge on any atom is 0.184 e. The Bertz CT molecular complexity index is 604. The zero-order chi connectivity index (χ0) is 17.1. The van der Waals surface area contributed by atoms with Crippen LogP contribution in [0.3, 0.4) is 0 Å². The van der Waals surface area contributed by atoms with Gasteiger partial charge in [-0.1, -0.05) is 34.9 Å². The Morgan fingerprint density at radius 2 is 2.08 bits per heavy atom. The van der Waals surface area contributed by atoms with E-state index in [1.54, 1.807) is 6.92 Å². The highest BCUT2D eigenvalue weighted by atomic mass is 16.7. The molecule has 0 radical (unpaired) electrons. The van der Waals surface area contributed by atoms with Crippen molar-refractivity contribution >= 4 is 0 Å². The Kier molecular flexibility index (Phi) is 5.35. The third-order valence-electron chi connectivity index (χ3n) is 4.20. The summed E-state index contributed by atoms with van der Waals surface area (Å²) in [5, 5.41) is 14.2. The van der Waals surface area contributed by atoms with Crippen LogP contribution < -0.4 is 0 Å². The average molecular weight is 335 g/mol. The first-order chi connectivity index (χ1) is 11.6. The lowest BCUT2D eigenvalue weighted by Crippen LogP contribution is -2.61. The Hall–Kier alpha value is -1.67. The average Bonchev–Trinajstić information content (AvgIpc) is 2.59. The van der Waals surface area contributed by atoms with Crippen molar-refractivity contribution in [2.24, 2.45) is 5.11 Å². The van der Waals surface area contributed by atoms with Crippen molar-refractivity contribution in [2.75, 3.05) is 13.2 Å². The molecule has 0 aliphatic carbocycles. The quantitative estimate of drug-likeness (QED) is 0.516. The third kappa shape index (κ3) is 3.39. The molecule has 0 aromatic heterocycles. The number of rotatable bonds is 4. The van der Waals surface area contributed by atoms with E-state index in [9.17, 15) is 5.11 Å². The van der Waals surface area contributed by atoms with Gasteiger partial charge in [-0.25, -0.2) is 0 Å². The monoisotopic (exact) mass is 335 g/mol. The van der Waals surface area contributed by atoms with Crippen molar-refractivity contribution in [3.05, 3.63) is 45.8 Å². The lowest BCUT2D eigenvalue weighted by atomic mass is 9.96. The number of aliphatic hydroxyl groups is 1. The molecular weight excluding hydrogens is 314 g/mol. The van der Waals surface area contributed by atoms with Gasteiger partial charge >= 0.3 is 0 Å². The first-order valence-electron chi connectivity index (χ1n) is 7.97. The van der Waals surface area contributed by atoms with Crippen LogP contribution in [0, 0.1) is 6.92 Å². The minimum atomic E-state index is -1.03. The van der Waals surface area contributed by atoms with Gasteiger partial charge in [0.2, 0.25) is 0 Å². The van der Waals surface area contributed by atoms with Crippen molar-refractivity contribution in [3.8, 4) is 0 Å². The maximum absolute atomic E-state index is 10.6. The van der Waals surface area contributed by atoms with Gasteiger partial charge in [0.05, 0.1) is 12.7 Å². The molecule has 130 valence electrons. The molecule has 0 amide bonds. The number of ether oxygens (including phenoxy) is 4. The zero-order valence-corrected chi connectivity index (χ0v) is 13.6. The van der Waals surface area contributed by atoms with Crippen molar-refractivity contribution in [2.45, 2.75) is 50.8 Å². The minimum absolute atomic E-state index is 0.257. The molecule has 8 nitrogen and oxygen atoms in total. The predicted octanol–water partition coefficient (Wildman–Crippen LogP) is 2.21. The van der Waals surface area contributed by atoms with Gasteiger partial charge in [0.25, 0.3) is 0 Å². The molecule has 6 atom stereocenters. The van der Waals surface area contributed by atoms with Crippen LogP contribution in [0.15, 0.2) is 29.4 Å².